The van der Waals surface area contributed by atoms with Gasteiger partial charge < -0.3 is 34.5 Å². The smallest absolute Gasteiger partial charge is 0.161 e. The van der Waals surface area contributed by atoms with Crippen LogP contribution in [0, 0.1) is 0 Å². The summed E-state index contributed by atoms with van der Waals surface area (Å²) >= 11 is 0. The number of ether oxygens (including phenoxy) is 4. The van der Waals surface area contributed by atoms with Gasteiger partial charge in [0.05, 0.1) is 53.8 Å². The summed E-state index contributed by atoms with van der Waals surface area (Å²) in [5, 5.41) is 20.3. The van der Waals surface area contributed by atoms with E-state index < -0.39 is 6.10 Å². The second kappa shape index (κ2) is 12.1. The minimum atomic E-state index is -0.534. The van der Waals surface area contributed by atoms with Crippen LogP contribution < -0.4 is 14.8 Å². The third-order valence-corrected chi connectivity index (χ3v) is 3.17. The first-order valence-corrected chi connectivity index (χ1v) is 7.68. The van der Waals surface area contributed by atoms with Crippen molar-refractivity contribution in [3.05, 3.63) is 23.8 Å². The SMILES string of the molecule is COc1ccc(COC[C@@H](O)C[NH2+]CCOCCO)cc1OC. The largest absolute Gasteiger partial charge is 0.493 e. The van der Waals surface area contributed by atoms with E-state index in [-0.39, 0.29) is 13.2 Å². The number of aliphatic hydroxyl groups excluding tert-OH is 2. The summed E-state index contributed by atoms with van der Waals surface area (Å²) in [6.45, 7) is 2.90. The van der Waals surface area contributed by atoms with Gasteiger partial charge in [-0.05, 0) is 17.7 Å². The first kappa shape index (κ1) is 19.7. The van der Waals surface area contributed by atoms with Crippen molar-refractivity contribution < 1.29 is 34.5 Å². The summed E-state index contributed by atoms with van der Waals surface area (Å²) < 4.78 is 21.1. The molecule has 1 atom stereocenters. The number of hydrogen-bond acceptors (Lipinski definition) is 6. The van der Waals surface area contributed by atoms with Crippen molar-refractivity contribution in [1.29, 1.82) is 0 Å². The van der Waals surface area contributed by atoms with Crippen LogP contribution in [0.5, 0.6) is 11.5 Å². The second-order valence-electron chi connectivity index (χ2n) is 5.01. The van der Waals surface area contributed by atoms with E-state index in [0.717, 1.165) is 12.1 Å². The molecular formula is C16H28NO6+. The Morgan fingerprint density at radius 2 is 1.87 bits per heavy atom. The van der Waals surface area contributed by atoms with E-state index >= 15 is 0 Å². The topological polar surface area (TPSA) is 94.0 Å². The predicted molar refractivity (Wildman–Crippen MR) is 84.8 cm³/mol. The molecule has 23 heavy (non-hydrogen) atoms. The zero-order valence-electron chi connectivity index (χ0n) is 13.9. The molecule has 0 saturated heterocycles. The molecule has 0 radical (unpaired) electrons. The van der Waals surface area contributed by atoms with Crippen LogP contribution >= 0.6 is 0 Å². The lowest BCUT2D eigenvalue weighted by Gasteiger charge is -2.12. The number of hydrogen-bond donors (Lipinski definition) is 3. The molecule has 7 heteroatoms. The number of quaternary nitrogens is 1. The molecule has 1 aromatic rings. The fraction of sp³-hybridized carbons (Fsp3) is 0.625. The highest BCUT2D eigenvalue weighted by Gasteiger charge is 2.08. The number of nitrogens with two attached hydrogens (primary N) is 1. The lowest BCUT2D eigenvalue weighted by Crippen LogP contribution is -2.87. The predicted octanol–water partition coefficient (Wildman–Crippen LogP) is -0.846. The second-order valence-corrected chi connectivity index (χ2v) is 5.01. The molecule has 132 valence electrons. The molecule has 0 spiro atoms. The van der Waals surface area contributed by atoms with Gasteiger partial charge in [-0.15, -0.1) is 0 Å². The maximum Gasteiger partial charge on any atom is 0.161 e. The minimum Gasteiger partial charge on any atom is -0.493 e. The Labute approximate surface area is 137 Å². The van der Waals surface area contributed by atoms with Crippen LogP contribution in [0.15, 0.2) is 18.2 Å². The molecule has 4 N–H and O–H groups in total. The lowest BCUT2D eigenvalue weighted by atomic mass is 10.2. The van der Waals surface area contributed by atoms with E-state index in [0.29, 0.717) is 37.9 Å². The van der Waals surface area contributed by atoms with Crippen molar-refractivity contribution >= 4 is 0 Å². The third kappa shape index (κ3) is 8.15. The molecule has 1 aromatic carbocycles. The van der Waals surface area contributed by atoms with Crippen LogP contribution in [0.25, 0.3) is 0 Å². The molecule has 0 bridgehead atoms. The Morgan fingerprint density at radius 1 is 1.09 bits per heavy atom. The van der Waals surface area contributed by atoms with Crippen LogP contribution in [0.2, 0.25) is 0 Å². The molecular weight excluding hydrogens is 302 g/mol. The van der Waals surface area contributed by atoms with Crippen LogP contribution in [0.3, 0.4) is 0 Å². The van der Waals surface area contributed by atoms with Crippen molar-refractivity contribution in [2.45, 2.75) is 12.7 Å². The normalized spacial score (nSPS) is 12.2. The number of rotatable bonds is 13. The van der Waals surface area contributed by atoms with Crippen molar-refractivity contribution in [1.82, 2.24) is 0 Å². The van der Waals surface area contributed by atoms with E-state index in [1.54, 1.807) is 14.2 Å². The van der Waals surface area contributed by atoms with Gasteiger partial charge in [-0.1, -0.05) is 6.07 Å². The molecule has 0 aromatic heterocycles. The van der Waals surface area contributed by atoms with E-state index in [2.05, 4.69) is 0 Å². The Hall–Kier alpha value is -1.38. The molecule has 1 rings (SSSR count). The third-order valence-electron chi connectivity index (χ3n) is 3.17. The minimum absolute atomic E-state index is 0.0343. The lowest BCUT2D eigenvalue weighted by molar-refractivity contribution is -0.662. The zero-order valence-corrected chi connectivity index (χ0v) is 13.9. The van der Waals surface area contributed by atoms with Gasteiger partial charge in [0.2, 0.25) is 0 Å². The molecule has 0 aliphatic rings. The standard InChI is InChI=1S/C16H27NO6/c1-20-15-4-3-13(9-16(15)21-2)11-23-12-14(19)10-17-5-7-22-8-6-18/h3-4,9,14,17-19H,5-8,10-12H2,1-2H3/p+1/t14-/m0/s1. The summed E-state index contributed by atoms with van der Waals surface area (Å²) in [4.78, 5) is 0. The molecule has 0 aliphatic carbocycles. The van der Waals surface area contributed by atoms with Gasteiger partial charge in [0, 0.05) is 0 Å². The first-order valence-electron chi connectivity index (χ1n) is 7.68. The monoisotopic (exact) mass is 330 g/mol. The summed E-state index contributed by atoms with van der Waals surface area (Å²) in [6, 6.07) is 5.59. The molecule has 0 amide bonds. The van der Waals surface area contributed by atoms with Crippen molar-refractivity contribution in [3.8, 4) is 11.5 Å². The number of aliphatic hydroxyl groups is 2. The number of benzene rings is 1. The molecule has 0 aliphatic heterocycles. The van der Waals surface area contributed by atoms with Crippen LogP contribution in [-0.2, 0) is 16.1 Å². The maximum absolute atomic E-state index is 9.83. The highest BCUT2D eigenvalue weighted by atomic mass is 16.5. The average Bonchev–Trinajstić information content (AvgIpc) is 2.57. The fourth-order valence-corrected chi connectivity index (χ4v) is 1.99. The highest BCUT2D eigenvalue weighted by Crippen LogP contribution is 2.27. The molecule has 7 nitrogen and oxygen atoms in total. The Morgan fingerprint density at radius 3 is 2.57 bits per heavy atom. The van der Waals surface area contributed by atoms with Crippen molar-refractivity contribution in [2.24, 2.45) is 0 Å². The Kier molecular flexibility index (Phi) is 10.3. The molecule has 0 heterocycles. The van der Waals surface area contributed by atoms with Gasteiger partial charge >= 0.3 is 0 Å². The molecule has 0 unspecified atom stereocenters. The van der Waals surface area contributed by atoms with Crippen molar-refractivity contribution in [2.75, 3.05) is 53.7 Å². The summed E-state index contributed by atoms with van der Waals surface area (Å²) in [5.74, 6) is 1.33. The van der Waals surface area contributed by atoms with Crippen LogP contribution in [-0.4, -0.2) is 70.1 Å². The van der Waals surface area contributed by atoms with E-state index in [9.17, 15) is 5.11 Å². The molecule has 0 fully saturated rings. The van der Waals surface area contributed by atoms with Gasteiger partial charge in [-0.3, -0.25) is 0 Å². The van der Waals surface area contributed by atoms with E-state index in [1.165, 1.54) is 0 Å². The van der Waals surface area contributed by atoms with Gasteiger partial charge in [0.15, 0.2) is 11.5 Å². The first-order chi connectivity index (χ1) is 11.2. The quantitative estimate of drug-likeness (QED) is 0.408. The van der Waals surface area contributed by atoms with Gasteiger partial charge in [0.1, 0.15) is 12.6 Å². The van der Waals surface area contributed by atoms with Crippen LogP contribution in [0.4, 0.5) is 0 Å². The highest BCUT2D eigenvalue weighted by molar-refractivity contribution is 5.42. The van der Waals surface area contributed by atoms with Gasteiger partial charge in [-0.2, -0.15) is 0 Å². The van der Waals surface area contributed by atoms with Crippen LogP contribution in [0.1, 0.15) is 5.56 Å². The summed E-state index contributed by atoms with van der Waals surface area (Å²) in [5.41, 5.74) is 0.955. The van der Waals surface area contributed by atoms with Gasteiger partial charge in [-0.25, -0.2) is 0 Å². The maximum atomic E-state index is 9.83. The fourth-order valence-electron chi connectivity index (χ4n) is 1.99. The average molecular weight is 330 g/mol. The number of methoxy groups -OCH3 is 2. The molecule has 0 saturated carbocycles. The zero-order chi connectivity index (χ0) is 16.9. The van der Waals surface area contributed by atoms with E-state index in [1.807, 2.05) is 23.5 Å². The van der Waals surface area contributed by atoms with E-state index in [4.69, 9.17) is 24.1 Å². The summed E-state index contributed by atoms with van der Waals surface area (Å²) in [7, 11) is 3.18. The Balaban J connectivity index is 2.18. The Bertz CT molecular complexity index is 429. The summed E-state index contributed by atoms with van der Waals surface area (Å²) in [6.07, 6.45) is -0.534. The van der Waals surface area contributed by atoms with Crippen molar-refractivity contribution in [3.63, 3.8) is 0 Å². The van der Waals surface area contributed by atoms with Gasteiger partial charge in [0.25, 0.3) is 0 Å².